The van der Waals surface area contributed by atoms with Gasteiger partial charge in [0.1, 0.15) is 17.8 Å². The van der Waals surface area contributed by atoms with E-state index >= 15 is 0 Å². The molecule has 0 bridgehead atoms. The number of hydrogen-bond acceptors (Lipinski definition) is 14. The average molecular weight is 1060 g/mol. The van der Waals surface area contributed by atoms with E-state index in [4.69, 9.17) is 14.2 Å². The second kappa shape index (κ2) is 22.1. The van der Waals surface area contributed by atoms with E-state index in [1.54, 1.807) is 72.5 Å². The number of ether oxygens (including phenoxy) is 3. The molecule has 1 amide bonds. The number of cyclic esters (lactones) is 1. The maximum atomic E-state index is 13.6. The number of esters is 1. The van der Waals surface area contributed by atoms with Gasteiger partial charge < -0.3 is 50.0 Å². The smallest absolute Gasteiger partial charge is 0.312 e. The minimum Gasteiger partial charge on any atom is -0.448 e. The number of nitrogens with zero attached hydrogens (tertiary/aromatic N) is 2. The first kappa shape index (κ1) is 52.9. The molecule has 14 atom stereocenters. The summed E-state index contributed by atoms with van der Waals surface area (Å²) in [6.45, 7) is 15.1. The van der Waals surface area contributed by atoms with E-state index in [-0.39, 0.29) is 30.4 Å². The van der Waals surface area contributed by atoms with Gasteiger partial charge in [-0.25, -0.2) is 0 Å². The third-order valence-corrected chi connectivity index (χ3v) is 17.3. The Morgan fingerprint density at radius 1 is 1.00 bits per heavy atom. The summed E-state index contributed by atoms with van der Waals surface area (Å²) in [5, 5.41) is 62.1. The molecule has 6 N–H and O–H groups in total. The van der Waals surface area contributed by atoms with Crippen molar-refractivity contribution in [3.63, 3.8) is 0 Å². The zero-order valence-corrected chi connectivity index (χ0v) is 43.6. The van der Waals surface area contributed by atoms with Crippen LogP contribution in [0.2, 0.25) is 0 Å². The van der Waals surface area contributed by atoms with E-state index < -0.39 is 69.9 Å². The van der Waals surface area contributed by atoms with Crippen LogP contribution in [0.5, 0.6) is 0 Å². The Morgan fingerprint density at radius 3 is 2.41 bits per heavy atom. The maximum Gasteiger partial charge on any atom is 0.312 e. The highest BCUT2D eigenvalue weighted by molar-refractivity contribution is 14.1. The molecule has 66 heavy (non-hydrogen) atoms. The van der Waals surface area contributed by atoms with Crippen LogP contribution in [0.3, 0.4) is 0 Å². The Labute approximate surface area is 412 Å². The molecule has 3 aliphatic heterocycles. The number of halogens is 1. The van der Waals surface area contributed by atoms with Crippen LogP contribution < -0.4 is 5.32 Å². The highest BCUT2D eigenvalue weighted by Gasteiger charge is 2.50. The monoisotopic (exact) mass is 1060 g/mol. The van der Waals surface area contributed by atoms with Crippen LogP contribution in [0.1, 0.15) is 78.2 Å². The molecule has 2 fully saturated rings. The Balaban J connectivity index is 1.18. The zero-order chi connectivity index (χ0) is 48.4. The van der Waals surface area contributed by atoms with E-state index in [0.717, 1.165) is 10.4 Å². The summed E-state index contributed by atoms with van der Waals surface area (Å²) >= 11 is 5.23. The number of nitrogens with one attached hydrogen (secondary N) is 1. The molecular formula is C50H70IN3O10S2. The molecular weight excluding hydrogens is 994 g/mol. The third-order valence-electron chi connectivity index (χ3n) is 13.5. The number of carbonyl (C=O) groups excluding carboxylic acids is 2. The molecule has 13 nitrogen and oxygen atoms in total. The zero-order valence-electron chi connectivity index (χ0n) is 39.8. The molecule has 3 aromatic rings. The van der Waals surface area contributed by atoms with Crippen molar-refractivity contribution in [3.05, 3.63) is 65.0 Å². The summed E-state index contributed by atoms with van der Waals surface area (Å²) < 4.78 is 17.2. The molecule has 6 rings (SSSR count). The van der Waals surface area contributed by atoms with Crippen LogP contribution >= 0.6 is 45.7 Å². The number of aliphatic hydroxyl groups is 5. The quantitative estimate of drug-likeness (QED) is 0.0343. The lowest BCUT2D eigenvalue weighted by molar-refractivity contribution is -0.299. The Morgan fingerprint density at radius 2 is 1.70 bits per heavy atom. The number of rotatable bonds is 9. The van der Waals surface area contributed by atoms with Crippen molar-refractivity contribution >= 4 is 63.6 Å². The van der Waals surface area contributed by atoms with E-state index in [1.807, 2.05) is 43.8 Å². The second-order valence-corrected chi connectivity index (χ2v) is 22.9. The fraction of sp³-hybridized carbons (Fsp3) is 0.600. The van der Waals surface area contributed by atoms with Crippen molar-refractivity contribution in [2.24, 2.45) is 17.8 Å². The third kappa shape index (κ3) is 12.1. The van der Waals surface area contributed by atoms with E-state index in [9.17, 15) is 35.1 Å². The summed E-state index contributed by atoms with van der Waals surface area (Å²) in [5.41, 5.74) is 1.17. The lowest BCUT2D eigenvalue weighted by Gasteiger charge is -2.46. The van der Waals surface area contributed by atoms with Gasteiger partial charge in [-0.15, -0.1) is 11.3 Å². The van der Waals surface area contributed by atoms with E-state index in [1.165, 1.54) is 45.2 Å². The molecule has 0 saturated carbocycles. The molecule has 0 unspecified atom stereocenters. The first-order valence-electron chi connectivity index (χ1n) is 23.0. The van der Waals surface area contributed by atoms with Crippen LogP contribution in [0, 0.1) is 24.7 Å². The first-order chi connectivity index (χ1) is 31.0. The number of alkyl halides is 1. The van der Waals surface area contributed by atoms with Gasteiger partial charge in [0.05, 0.1) is 29.8 Å². The van der Waals surface area contributed by atoms with E-state index in [0.29, 0.717) is 32.5 Å². The van der Waals surface area contributed by atoms with Crippen molar-refractivity contribution in [3.8, 4) is 21.6 Å². The number of hydrogen-bond donors (Lipinski definition) is 6. The van der Waals surface area contributed by atoms with Crippen molar-refractivity contribution in [1.82, 2.24) is 15.1 Å². The first-order valence-corrected chi connectivity index (χ1v) is 25.9. The molecule has 0 radical (unpaired) electrons. The minimum atomic E-state index is -1.90. The number of fused-ring (bicyclic) bond motifs is 5. The van der Waals surface area contributed by atoms with Crippen molar-refractivity contribution < 1.29 is 49.3 Å². The van der Waals surface area contributed by atoms with Crippen LogP contribution in [-0.4, -0.2) is 145 Å². The van der Waals surface area contributed by atoms with Gasteiger partial charge in [0.25, 0.3) is 0 Å². The predicted molar refractivity (Wildman–Crippen MR) is 268 cm³/mol. The summed E-state index contributed by atoms with van der Waals surface area (Å²) in [6, 6.07) is 16.1. The average Bonchev–Trinajstić information content (AvgIpc) is 3.64. The number of carbonyl (C=O) groups is 2. The van der Waals surface area contributed by atoms with Crippen LogP contribution in [0.4, 0.5) is 0 Å². The summed E-state index contributed by atoms with van der Waals surface area (Å²) in [7, 11) is 3.74. The van der Waals surface area contributed by atoms with Gasteiger partial charge in [0.15, 0.2) is 10.4 Å². The van der Waals surface area contributed by atoms with Gasteiger partial charge in [-0.05, 0) is 139 Å². The number of thiophene rings is 1. The molecule has 2 saturated heterocycles. The summed E-state index contributed by atoms with van der Waals surface area (Å²) in [6.07, 6.45) is -1.69. The van der Waals surface area contributed by atoms with Crippen molar-refractivity contribution in [2.45, 2.75) is 149 Å². The van der Waals surface area contributed by atoms with Gasteiger partial charge in [0.2, 0.25) is 5.91 Å². The van der Waals surface area contributed by atoms with Crippen molar-refractivity contribution in [2.75, 3.05) is 33.7 Å². The number of likely N-dealkylation sites (N-methyl/N-ethyl adjacent to an activating group) is 1. The lowest BCUT2D eigenvalue weighted by Crippen LogP contribution is -2.59. The standard InChI is InChI=1S/C50H70IN3O10S2/c1-27-16-18-39-36(22-27)43-35(34-14-11-12-15-38(34)66-39)24-33(65-43)17-19-40(55)52-20-13-21-54-26-28(2)25-49(7,60)45(63-47-42(57)37(53(9)10)23-29(3)62-47)30(4)41(56)31(5)46(59)64-48(51)50(8,61)44(58)32(54)6/h11-12,14-19,22,24,28-32,37,41-42,44-45,47-48,56-58,60-61H,13,20-21,23,25-26H2,1-10H3,(H,52,55)/b19-17+/t28-,29-,30+,31-,32-,37+,41+,42-,44-,45-,47+,48+,49-,50+/m1/s1. The molecule has 4 heterocycles. The minimum absolute atomic E-state index is 0.164. The summed E-state index contributed by atoms with van der Waals surface area (Å²) in [5.74, 6) is -3.25. The Bertz CT molecular complexity index is 2180. The van der Waals surface area contributed by atoms with E-state index in [2.05, 4.69) is 60.8 Å². The largest absolute Gasteiger partial charge is 0.448 e. The Kier molecular flexibility index (Phi) is 17.7. The predicted octanol–water partition coefficient (Wildman–Crippen LogP) is 6.72. The second-order valence-electron chi connectivity index (χ2n) is 19.6. The van der Waals surface area contributed by atoms with Gasteiger partial charge in [-0.3, -0.25) is 14.5 Å². The topological polar surface area (TPSA) is 181 Å². The fourth-order valence-corrected chi connectivity index (χ4v) is 12.6. The fourth-order valence-electron chi connectivity index (χ4n) is 9.72. The molecule has 16 heteroatoms. The number of aliphatic hydroxyl groups excluding tert-OH is 3. The highest BCUT2D eigenvalue weighted by atomic mass is 127. The van der Waals surface area contributed by atoms with Crippen LogP contribution in [0.25, 0.3) is 27.6 Å². The normalized spacial score (nSPS) is 35.0. The van der Waals surface area contributed by atoms with Crippen LogP contribution in [0.15, 0.2) is 64.4 Å². The van der Waals surface area contributed by atoms with Crippen LogP contribution in [-0.2, 0) is 23.8 Å². The molecule has 3 aliphatic rings. The molecule has 0 aliphatic carbocycles. The maximum absolute atomic E-state index is 13.6. The van der Waals surface area contributed by atoms with Gasteiger partial charge >= 0.3 is 5.97 Å². The SMILES string of the molecule is Cc1ccc2c(c1)-c1sc(/C=C/C(=O)NCCCN3C[C@H](C)C[C@@](C)(O)[C@H](O[C@@H]4O[C@H](C)C[C@H](N(C)C)[C@H]4O)[C@@H](C)[C@H](O)[C@@H](C)C(=O)O[C@H](I)[C@@](C)(O)[C@H](O)[C@H]3C)cc1-c1ccccc1S2. The van der Waals surface area contributed by atoms with Crippen molar-refractivity contribution in [1.29, 1.82) is 0 Å². The van der Waals surface area contributed by atoms with Gasteiger partial charge in [-0.2, -0.15) is 0 Å². The molecule has 2 aromatic carbocycles. The molecule has 0 spiro atoms. The number of benzene rings is 2. The Hall–Kier alpha value is -2.46. The lowest BCUT2D eigenvalue weighted by atomic mass is 9.78. The molecule has 364 valence electrons. The number of amides is 1. The summed E-state index contributed by atoms with van der Waals surface area (Å²) in [4.78, 5) is 35.3. The number of aryl methyl sites for hydroxylation is 1. The van der Waals surface area contributed by atoms with Gasteiger partial charge in [-0.1, -0.05) is 55.4 Å². The highest BCUT2D eigenvalue weighted by Crippen LogP contribution is 2.51. The molecule has 1 aromatic heterocycles. The van der Waals surface area contributed by atoms with Gasteiger partial charge in [0, 0.05) is 74.4 Å².